The number of benzene rings is 2. The number of aliphatic imine (C=N–C) groups is 1. The predicted molar refractivity (Wildman–Crippen MR) is 121 cm³/mol. The van der Waals surface area contributed by atoms with Crippen LogP contribution in [0.15, 0.2) is 63.7 Å². The molecule has 1 aliphatic rings. The lowest BCUT2D eigenvalue weighted by molar-refractivity contribution is -0.138. The Labute approximate surface area is 185 Å². The van der Waals surface area contributed by atoms with Crippen molar-refractivity contribution in [2.45, 2.75) is 6.92 Å². The number of hydrogen-bond acceptors (Lipinski definition) is 8. The van der Waals surface area contributed by atoms with Crippen molar-refractivity contribution >= 4 is 34.5 Å². The molecule has 0 saturated heterocycles. The Bertz CT molecular complexity index is 1030. The van der Waals surface area contributed by atoms with Crippen molar-refractivity contribution in [3.63, 3.8) is 0 Å². The van der Waals surface area contributed by atoms with Gasteiger partial charge in [0.1, 0.15) is 16.4 Å². The number of thioether (sulfide) groups is 1. The average Bonchev–Trinajstić information content (AvgIpc) is 3.08. The first-order valence-corrected chi connectivity index (χ1v) is 10.3. The summed E-state index contributed by atoms with van der Waals surface area (Å²) in [6.07, 6.45) is 1.72. The highest BCUT2D eigenvalue weighted by molar-refractivity contribution is 8.18. The molecule has 3 rings (SSSR count). The summed E-state index contributed by atoms with van der Waals surface area (Å²) in [4.78, 5) is 17.5. The topological polar surface area (TPSA) is 86.6 Å². The zero-order chi connectivity index (χ0) is 22.4. The second kappa shape index (κ2) is 10.1. The molecule has 0 fully saturated rings. The van der Waals surface area contributed by atoms with Gasteiger partial charge in [0.25, 0.3) is 0 Å². The van der Waals surface area contributed by atoms with Gasteiger partial charge in [-0.2, -0.15) is 0 Å². The van der Waals surface area contributed by atoms with Crippen molar-refractivity contribution in [2.75, 3.05) is 27.9 Å². The number of ether oxygens (including phenoxy) is 4. The zero-order valence-electron chi connectivity index (χ0n) is 17.7. The van der Waals surface area contributed by atoms with Crippen LogP contribution in [-0.4, -0.2) is 44.1 Å². The van der Waals surface area contributed by atoms with Gasteiger partial charge in [-0.25, -0.2) is 9.79 Å². The first-order chi connectivity index (χ1) is 15.0. The van der Waals surface area contributed by atoms with E-state index < -0.39 is 5.97 Å². The van der Waals surface area contributed by atoms with Crippen LogP contribution >= 0.6 is 11.8 Å². The van der Waals surface area contributed by atoms with Gasteiger partial charge >= 0.3 is 5.97 Å². The van der Waals surface area contributed by atoms with Crippen LogP contribution in [0.2, 0.25) is 0 Å². The molecule has 1 N–H and O–H groups in total. The van der Waals surface area contributed by atoms with Crippen LogP contribution in [0.4, 0.5) is 5.69 Å². The molecule has 0 bridgehead atoms. The largest absolute Gasteiger partial charge is 0.506 e. The first kappa shape index (κ1) is 22.3. The maximum atomic E-state index is 12.5. The summed E-state index contributed by atoms with van der Waals surface area (Å²) in [5.41, 5.74) is 1.38. The van der Waals surface area contributed by atoms with Gasteiger partial charge in [0, 0.05) is 0 Å². The number of carbonyl (C=O) groups is 1. The Morgan fingerprint density at radius 2 is 1.71 bits per heavy atom. The molecule has 0 radical (unpaired) electrons. The van der Waals surface area contributed by atoms with Gasteiger partial charge < -0.3 is 24.1 Å². The first-order valence-electron chi connectivity index (χ1n) is 9.46. The van der Waals surface area contributed by atoms with Gasteiger partial charge in [-0.3, -0.25) is 0 Å². The molecule has 31 heavy (non-hydrogen) atoms. The summed E-state index contributed by atoms with van der Waals surface area (Å²) < 4.78 is 21.3. The number of aliphatic hydroxyl groups excluding tert-OH is 1. The number of nitrogens with zero attached hydrogens (tertiary/aromatic N) is 1. The maximum Gasteiger partial charge on any atom is 0.344 e. The fraction of sp³-hybridized carbons (Fsp3) is 0.217. The molecule has 0 aromatic heterocycles. The fourth-order valence-electron chi connectivity index (χ4n) is 2.95. The van der Waals surface area contributed by atoms with E-state index in [0.717, 1.165) is 0 Å². The van der Waals surface area contributed by atoms with E-state index in [4.69, 9.17) is 18.9 Å². The smallest absolute Gasteiger partial charge is 0.344 e. The quantitative estimate of drug-likeness (QED) is 0.611. The number of hydrogen-bond donors (Lipinski definition) is 1. The van der Waals surface area contributed by atoms with Crippen molar-refractivity contribution in [3.05, 3.63) is 64.3 Å². The zero-order valence-corrected chi connectivity index (χ0v) is 18.5. The molecule has 2 aromatic carbocycles. The second-order valence-electron chi connectivity index (χ2n) is 6.27. The molecule has 2 aromatic rings. The van der Waals surface area contributed by atoms with Gasteiger partial charge in [0.2, 0.25) is 5.75 Å². The molecule has 0 aliphatic carbocycles. The number of esters is 1. The molecule has 1 heterocycles. The minimum atomic E-state index is -0.629. The van der Waals surface area contributed by atoms with Gasteiger partial charge in [0.15, 0.2) is 11.5 Å². The van der Waals surface area contributed by atoms with Gasteiger partial charge in [-0.15, -0.1) is 0 Å². The third kappa shape index (κ3) is 4.86. The minimum absolute atomic E-state index is 0.0365. The fourth-order valence-corrected chi connectivity index (χ4v) is 3.98. The monoisotopic (exact) mass is 441 g/mol. The Morgan fingerprint density at radius 1 is 1.06 bits per heavy atom. The standard InChI is InChI=1S/C23H23NO6S/c1-5-30-23(26)19-20(25)18(31-22(19)24-15-9-7-6-8-10-15)13-14-11-16(27-2)21(29-4)17(12-14)28-3/h6-13,25H,5H2,1-4H3/b18-13-,24-22?. The van der Waals surface area contributed by atoms with E-state index in [0.29, 0.717) is 38.4 Å². The van der Waals surface area contributed by atoms with Crippen LogP contribution in [-0.2, 0) is 9.53 Å². The number of carbonyl (C=O) groups excluding carboxylic acids is 1. The highest BCUT2D eigenvalue weighted by Crippen LogP contribution is 2.43. The average molecular weight is 442 g/mol. The number of methoxy groups -OCH3 is 3. The van der Waals surface area contributed by atoms with Gasteiger partial charge in [-0.05, 0) is 42.8 Å². The van der Waals surface area contributed by atoms with Crippen LogP contribution in [0.25, 0.3) is 6.08 Å². The molecular weight excluding hydrogens is 418 g/mol. The third-order valence-corrected chi connectivity index (χ3v) is 5.36. The van der Waals surface area contributed by atoms with E-state index in [9.17, 15) is 9.90 Å². The van der Waals surface area contributed by atoms with Crippen molar-refractivity contribution in [1.29, 1.82) is 0 Å². The highest BCUT2D eigenvalue weighted by Gasteiger charge is 2.33. The van der Waals surface area contributed by atoms with E-state index in [1.807, 2.05) is 30.3 Å². The molecule has 7 nitrogen and oxygen atoms in total. The Hall–Kier alpha value is -3.39. The maximum absolute atomic E-state index is 12.5. The summed E-state index contributed by atoms with van der Waals surface area (Å²) in [7, 11) is 4.58. The van der Waals surface area contributed by atoms with Crippen molar-refractivity contribution in [2.24, 2.45) is 4.99 Å². The van der Waals surface area contributed by atoms with Crippen molar-refractivity contribution in [1.82, 2.24) is 0 Å². The lowest BCUT2D eigenvalue weighted by Crippen LogP contribution is -2.12. The number of rotatable bonds is 7. The predicted octanol–water partition coefficient (Wildman–Crippen LogP) is 4.91. The normalized spacial score (nSPS) is 16.0. The molecule has 0 amide bonds. The van der Waals surface area contributed by atoms with Crippen LogP contribution in [0.5, 0.6) is 17.2 Å². The molecule has 0 spiro atoms. The SMILES string of the molecule is CCOC(=O)C1=C(O)/C(=C/c2cc(OC)c(OC)c(OC)c2)SC1=Nc1ccccc1. The van der Waals surface area contributed by atoms with E-state index in [-0.39, 0.29) is 17.9 Å². The van der Waals surface area contributed by atoms with Crippen LogP contribution < -0.4 is 14.2 Å². The molecule has 0 saturated carbocycles. The van der Waals surface area contributed by atoms with Crippen molar-refractivity contribution < 1.29 is 28.8 Å². The van der Waals surface area contributed by atoms with Crippen molar-refractivity contribution in [3.8, 4) is 17.2 Å². The van der Waals surface area contributed by atoms with E-state index >= 15 is 0 Å². The Balaban J connectivity index is 2.08. The molecule has 162 valence electrons. The third-order valence-electron chi connectivity index (χ3n) is 4.34. The molecule has 0 atom stereocenters. The van der Waals surface area contributed by atoms with Crippen LogP contribution in [0, 0.1) is 0 Å². The van der Waals surface area contributed by atoms with E-state index in [1.165, 1.54) is 33.1 Å². The highest BCUT2D eigenvalue weighted by atomic mass is 32.2. The Morgan fingerprint density at radius 3 is 2.26 bits per heavy atom. The van der Waals surface area contributed by atoms with E-state index in [1.54, 1.807) is 25.1 Å². The summed E-state index contributed by atoms with van der Waals surface area (Å²) in [5, 5.41) is 11.2. The minimum Gasteiger partial charge on any atom is -0.506 e. The lowest BCUT2D eigenvalue weighted by Gasteiger charge is -2.13. The molecule has 1 aliphatic heterocycles. The van der Waals surface area contributed by atoms with E-state index in [2.05, 4.69) is 4.99 Å². The summed E-state index contributed by atoms with van der Waals surface area (Å²) >= 11 is 1.18. The number of aliphatic hydroxyl groups is 1. The second-order valence-corrected chi connectivity index (χ2v) is 7.30. The molecular formula is C23H23NO6S. The van der Waals surface area contributed by atoms with Crippen LogP contribution in [0.1, 0.15) is 12.5 Å². The van der Waals surface area contributed by atoms with Gasteiger partial charge in [-0.1, -0.05) is 30.0 Å². The van der Waals surface area contributed by atoms with Crippen LogP contribution in [0.3, 0.4) is 0 Å². The molecule has 0 unspecified atom stereocenters. The summed E-state index contributed by atoms with van der Waals surface area (Å²) in [6.45, 7) is 1.89. The summed E-state index contributed by atoms with van der Waals surface area (Å²) in [5.74, 6) is 0.597. The van der Waals surface area contributed by atoms with Gasteiger partial charge in [0.05, 0.1) is 38.5 Å². The molecule has 8 heteroatoms. The lowest BCUT2D eigenvalue weighted by atomic mass is 10.1. The number of para-hydroxylation sites is 1. The summed E-state index contributed by atoms with van der Waals surface area (Å²) in [6, 6.07) is 12.7. The Kier molecular flexibility index (Phi) is 7.25.